The van der Waals surface area contributed by atoms with E-state index in [0.717, 1.165) is 0 Å². The maximum absolute atomic E-state index is 11.6. The molecule has 1 N–H and O–H groups in total. The highest BCUT2D eigenvalue weighted by molar-refractivity contribution is 6.44. The van der Waals surface area contributed by atoms with Crippen LogP contribution in [0.25, 0.3) is 10.9 Å². The minimum Gasteiger partial charge on any atom is -0.309 e. The monoisotopic (exact) mass is 262 g/mol. The van der Waals surface area contributed by atoms with Crippen LogP contribution in [0.3, 0.4) is 0 Å². The fourth-order valence-corrected chi connectivity index (χ4v) is 1.74. The van der Waals surface area contributed by atoms with Gasteiger partial charge in [-0.15, -0.1) is 11.6 Å². The van der Waals surface area contributed by atoms with Crippen LogP contribution >= 0.6 is 34.8 Å². The third-order valence-electron chi connectivity index (χ3n) is 1.94. The largest absolute Gasteiger partial charge is 0.309 e. The van der Waals surface area contributed by atoms with E-state index in [0.29, 0.717) is 21.7 Å². The summed E-state index contributed by atoms with van der Waals surface area (Å²) in [5.74, 6) is 0.493. The van der Waals surface area contributed by atoms with Gasteiger partial charge in [0.05, 0.1) is 26.8 Å². The van der Waals surface area contributed by atoms with Gasteiger partial charge in [0.1, 0.15) is 5.82 Å². The van der Waals surface area contributed by atoms with E-state index >= 15 is 0 Å². The van der Waals surface area contributed by atoms with Gasteiger partial charge in [-0.2, -0.15) is 0 Å². The van der Waals surface area contributed by atoms with E-state index < -0.39 is 0 Å². The summed E-state index contributed by atoms with van der Waals surface area (Å²) in [6, 6.07) is 3.14. The Morgan fingerprint density at radius 1 is 1.33 bits per heavy atom. The maximum Gasteiger partial charge on any atom is 0.258 e. The van der Waals surface area contributed by atoms with Crippen LogP contribution in [0.15, 0.2) is 16.9 Å². The Labute approximate surface area is 100.0 Å². The summed E-state index contributed by atoms with van der Waals surface area (Å²) in [5, 5.41) is 1.03. The quantitative estimate of drug-likeness (QED) is 0.804. The van der Waals surface area contributed by atoms with E-state index in [4.69, 9.17) is 34.8 Å². The van der Waals surface area contributed by atoms with Crippen molar-refractivity contribution in [2.75, 3.05) is 0 Å². The second-order valence-electron chi connectivity index (χ2n) is 2.90. The number of nitrogens with one attached hydrogen (secondary N) is 1. The van der Waals surface area contributed by atoms with Crippen LogP contribution in [-0.2, 0) is 5.88 Å². The normalized spacial score (nSPS) is 10.9. The van der Waals surface area contributed by atoms with Crippen molar-refractivity contribution in [3.63, 3.8) is 0 Å². The maximum atomic E-state index is 11.6. The molecule has 2 rings (SSSR count). The van der Waals surface area contributed by atoms with Crippen molar-refractivity contribution < 1.29 is 0 Å². The summed E-state index contributed by atoms with van der Waals surface area (Å²) in [5.41, 5.74) is 0.109. The SMILES string of the molecule is O=c1[nH]c(CCl)nc2c(Cl)c(Cl)ccc12. The number of hydrogen-bond donors (Lipinski definition) is 1. The van der Waals surface area contributed by atoms with E-state index in [9.17, 15) is 4.79 Å². The number of nitrogens with zero attached hydrogens (tertiary/aromatic N) is 1. The molecule has 6 heteroatoms. The van der Waals surface area contributed by atoms with Crippen LogP contribution < -0.4 is 5.56 Å². The zero-order valence-corrected chi connectivity index (χ0v) is 9.62. The second-order valence-corrected chi connectivity index (χ2v) is 3.96. The number of halogens is 3. The number of hydrogen-bond acceptors (Lipinski definition) is 2. The lowest BCUT2D eigenvalue weighted by molar-refractivity contribution is 1.04. The molecule has 0 saturated carbocycles. The summed E-state index contributed by atoms with van der Waals surface area (Å²) in [4.78, 5) is 18.2. The van der Waals surface area contributed by atoms with Gasteiger partial charge in [-0.05, 0) is 12.1 Å². The van der Waals surface area contributed by atoms with Gasteiger partial charge in [-0.1, -0.05) is 23.2 Å². The number of rotatable bonds is 1. The number of aromatic nitrogens is 2. The average molecular weight is 264 g/mol. The van der Waals surface area contributed by atoms with Gasteiger partial charge in [0.15, 0.2) is 0 Å². The third kappa shape index (κ3) is 1.83. The molecule has 0 amide bonds. The summed E-state index contributed by atoms with van der Waals surface area (Å²) in [6.45, 7) is 0. The molecule has 0 spiro atoms. The van der Waals surface area contributed by atoms with E-state index in [1.165, 1.54) is 0 Å². The van der Waals surface area contributed by atoms with Gasteiger partial charge in [-0.25, -0.2) is 4.98 Å². The molecule has 1 aromatic carbocycles. The number of alkyl halides is 1. The molecule has 1 heterocycles. The lowest BCUT2D eigenvalue weighted by Gasteiger charge is -2.02. The minimum atomic E-state index is -0.269. The van der Waals surface area contributed by atoms with Crippen LogP contribution in [0.1, 0.15) is 5.82 Å². The molecule has 0 fully saturated rings. The van der Waals surface area contributed by atoms with Crippen LogP contribution in [0.2, 0.25) is 10.0 Å². The zero-order valence-electron chi connectivity index (χ0n) is 7.35. The van der Waals surface area contributed by atoms with Gasteiger partial charge in [-0.3, -0.25) is 4.79 Å². The first-order chi connectivity index (χ1) is 7.13. The van der Waals surface area contributed by atoms with Crippen molar-refractivity contribution in [1.82, 2.24) is 9.97 Å². The topological polar surface area (TPSA) is 45.8 Å². The molecule has 0 saturated heterocycles. The summed E-state index contributed by atoms with van der Waals surface area (Å²) >= 11 is 17.3. The lowest BCUT2D eigenvalue weighted by atomic mass is 10.2. The molecule has 3 nitrogen and oxygen atoms in total. The average Bonchev–Trinajstić information content (AvgIpc) is 2.23. The Kier molecular flexibility index (Phi) is 2.87. The van der Waals surface area contributed by atoms with Gasteiger partial charge in [0, 0.05) is 0 Å². The van der Waals surface area contributed by atoms with Crippen LogP contribution in [0.5, 0.6) is 0 Å². The highest BCUT2D eigenvalue weighted by atomic mass is 35.5. The van der Waals surface area contributed by atoms with Crippen molar-refractivity contribution in [2.45, 2.75) is 5.88 Å². The Balaban J connectivity index is 2.93. The highest BCUT2D eigenvalue weighted by Crippen LogP contribution is 2.27. The molecule has 0 aliphatic rings. The molecule has 0 aliphatic carbocycles. The van der Waals surface area contributed by atoms with Crippen molar-refractivity contribution in [2.24, 2.45) is 0 Å². The van der Waals surface area contributed by atoms with Crippen LogP contribution in [-0.4, -0.2) is 9.97 Å². The first-order valence-corrected chi connectivity index (χ1v) is 5.35. The minimum absolute atomic E-state index is 0.119. The summed E-state index contributed by atoms with van der Waals surface area (Å²) < 4.78 is 0. The molecular weight excluding hydrogens is 258 g/mol. The van der Waals surface area contributed by atoms with Gasteiger partial charge in [0.2, 0.25) is 0 Å². The van der Waals surface area contributed by atoms with Crippen molar-refractivity contribution in [1.29, 1.82) is 0 Å². The van der Waals surface area contributed by atoms with E-state index in [1.54, 1.807) is 12.1 Å². The van der Waals surface area contributed by atoms with E-state index in [2.05, 4.69) is 9.97 Å². The smallest absolute Gasteiger partial charge is 0.258 e. The molecule has 0 radical (unpaired) electrons. The number of benzene rings is 1. The first-order valence-electron chi connectivity index (χ1n) is 4.06. The molecule has 0 unspecified atom stereocenters. The molecule has 2 aromatic rings. The van der Waals surface area contributed by atoms with Gasteiger partial charge in [0.25, 0.3) is 5.56 Å². The third-order valence-corrected chi connectivity index (χ3v) is 2.99. The van der Waals surface area contributed by atoms with Crippen molar-refractivity contribution in [3.8, 4) is 0 Å². The van der Waals surface area contributed by atoms with Crippen LogP contribution in [0, 0.1) is 0 Å². The Bertz CT molecular complexity index is 579. The standard InChI is InChI=1S/C9H5Cl3N2O/c10-3-6-13-8-4(9(15)14-6)1-2-5(11)7(8)12/h1-2H,3H2,(H,13,14,15). The molecule has 0 aliphatic heterocycles. The number of fused-ring (bicyclic) bond motifs is 1. The van der Waals surface area contributed by atoms with E-state index in [1.807, 2.05) is 0 Å². The molecular formula is C9H5Cl3N2O. The number of aromatic amines is 1. The van der Waals surface area contributed by atoms with E-state index in [-0.39, 0.29) is 16.5 Å². The van der Waals surface area contributed by atoms with Crippen molar-refractivity contribution >= 4 is 45.7 Å². The summed E-state index contributed by atoms with van der Waals surface area (Å²) in [7, 11) is 0. The Hall–Kier alpha value is -0.770. The zero-order chi connectivity index (χ0) is 11.0. The predicted molar refractivity (Wildman–Crippen MR) is 61.9 cm³/mol. The molecule has 1 aromatic heterocycles. The Morgan fingerprint density at radius 2 is 2.07 bits per heavy atom. The highest BCUT2D eigenvalue weighted by Gasteiger charge is 2.09. The Morgan fingerprint density at radius 3 is 2.73 bits per heavy atom. The second kappa shape index (κ2) is 4.00. The molecule has 0 atom stereocenters. The molecule has 15 heavy (non-hydrogen) atoms. The molecule has 78 valence electrons. The predicted octanol–water partition coefficient (Wildman–Crippen LogP) is 2.97. The fraction of sp³-hybridized carbons (Fsp3) is 0.111. The lowest BCUT2D eigenvalue weighted by Crippen LogP contribution is -2.11. The van der Waals surface area contributed by atoms with Gasteiger partial charge < -0.3 is 4.98 Å². The molecule has 0 bridgehead atoms. The summed E-state index contributed by atoms with van der Waals surface area (Å²) in [6.07, 6.45) is 0. The first kappa shape index (κ1) is 10.7. The fourth-order valence-electron chi connectivity index (χ4n) is 1.26. The van der Waals surface area contributed by atoms with Crippen LogP contribution in [0.4, 0.5) is 0 Å². The number of H-pyrrole nitrogens is 1. The van der Waals surface area contributed by atoms with Gasteiger partial charge >= 0.3 is 0 Å². The van der Waals surface area contributed by atoms with Crippen molar-refractivity contribution in [3.05, 3.63) is 38.4 Å².